The van der Waals surface area contributed by atoms with Crippen molar-refractivity contribution in [1.29, 1.82) is 0 Å². The molecule has 0 heterocycles. The van der Waals surface area contributed by atoms with Gasteiger partial charge in [-0.2, -0.15) is 0 Å². The molecule has 0 aromatic heterocycles. The van der Waals surface area contributed by atoms with Crippen molar-refractivity contribution in [2.24, 2.45) is 0 Å². The van der Waals surface area contributed by atoms with Crippen molar-refractivity contribution in [1.82, 2.24) is 0 Å². The third-order valence-electron chi connectivity index (χ3n) is 0. The van der Waals surface area contributed by atoms with Crippen LogP contribution in [0.4, 0.5) is 0 Å². The van der Waals surface area contributed by atoms with E-state index in [1.165, 1.54) is 0 Å². The molecule has 0 aromatic rings. The largest absolute Gasteiger partial charge is 3.00 e. The number of rotatable bonds is 0. The summed E-state index contributed by atoms with van der Waals surface area (Å²) in [7, 11) is 0. The quantitative estimate of drug-likeness (QED) is 0.391. The molecule has 0 bridgehead atoms. The van der Waals surface area contributed by atoms with Crippen molar-refractivity contribution in [3.63, 3.8) is 0 Å². The number of hydrogen-bond donors (Lipinski definition) is 0. The molecule has 0 aliphatic heterocycles. The van der Waals surface area contributed by atoms with E-state index in [1.54, 1.807) is 0 Å². The maximum Gasteiger partial charge on any atom is 3.00 e. The molecule has 0 unspecified atom stereocenters. The second-order valence-corrected chi connectivity index (χ2v) is 0. The minimum Gasteiger partial charge on any atom is -2.00 e. The van der Waals surface area contributed by atoms with Crippen molar-refractivity contribution in [3.05, 3.63) is 0 Å². The van der Waals surface area contributed by atoms with Crippen LogP contribution < -0.4 is 0 Å². The molecule has 0 saturated heterocycles. The molecule has 0 aliphatic carbocycles. The molecule has 0 fully saturated rings. The van der Waals surface area contributed by atoms with Gasteiger partial charge < -0.3 is 27.4 Å². The normalized spacial score (nSPS) is 0. The molecule has 6 heteroatoms. The molecule has 5 nitrogen and oxygen atoms in total. The predicted molar refractivity (Wildman–Crippen MR) is 9.19 cm³/mol. The summed E-state index contributed by atoms with van der Waals surface area (Å²) in [6.07, 6.45) is 0. The van der Waals surface area contributed by atoms with E-state index in [1.807, 2.05) is 0 Å². The Kier molecular flexibility index (Phi) is 93600. The van der Waals surface area contributed by atoms with E-state index >= 15 is 0 Å². The molecule has 0 radical (unpaired) electrons. The molecular formula is GaO5-7. The van der Waals surface area contributed by atoms with Gasteiger partial charge in [0.15, 0.2) is 0 Å². The third-order valence-corrected chi connectivity index (χ3v) is 0. The first kappa shape index (κ1) is 999. The van der Waals surface area contributed by atoms with Gasteiger partial charge in [-0.25, -0.2) is 0 Å². The fourth-order valence-corrected chi connectivity index (χ4v) is 0. The second-order valence-electron chi connectivity index (χ2n) is 0. The molecule has 0 aliphatic rings. The van der Waals surface area contributed by atoms with Crippen molar-refractivity contribution in [3.8, 4) is 0 Å². The summed E-state index contributed by atoms with van der Waals surface area (Å²) in [4.78, 5) is 0. The van der Waals surface area contributed by atoms with Crippen LogP contribution >= 0.6 is 0 Å². The minimum atomic E-state index is 0. The predicted octanol–water partition coefficient (Wildman–Crippen LogP) is -0.975. The van der Waals surface area contributed by atoms with E-state index in [-0.39, 0.29) is 47.2 Å². The second kappa shape index (κ2) is 562. The standard InChI is InChI=1S/Ga.5O/q+3;5*-2. The molecule has 0 N–H and O–H groups in total. The maximum absolute atomic E-state index is 0. The van der Waals surface area contributed by atoms with Crippen LogP contribution in [0.1, 0.15) is 0 Å². The van der Waals surface area contributed by atoms with Crippen LogP contribution in [0.2, 0.25) is 0 Å². The average molecular weight is 150 g/mol. The van der Waals surface area contributed by atoms with Crippen molar-refractivity contribution >= 4 is 19.8 Å². The Balaban J connectivity index is 0. The van der Waals surface area contributed by atoms with E-state index < -0.39 is 0 Å². The van der Waals surface area contributed by atoms with Crippen LogP contribution in [-0.4, -0.2) is 19.8 Å². The van der Waals surface area contributed by atoms with Gasteiger partial charge in [-0.1, -0.05) is 0 Å². The summed E-state index contributed by atoms with van der Waals surface area (Å²) in [5, 5.41) is 0. The first-order chi connectivity index (χ1) is 0. The van der Waals surface area contributed by atoms with Gasteiger partial charge in [0.2, 0.25) is 0 Å². The van der Waals surface area contributed by atoms with Gasteiger partial charge in [0.1, 0.15) is 0 Å². The summed E-state index contributed by atoms with van der Waals surface area (Å²) in [6.45, 7) is 0. The Morgan fingerprint density at radius 3 is 0.333 bits per heavy atom. The van der Waals surface area contributed by atoms with E-state index in [2.05, 4.69) is 0 Å². The van der Waals surface area contributed by atoms with Gasteiger partial charge >= 0.3 is 19.8 Å². The first-order valence-corrected chi connectivity index (χ1v) is 0. The zero-order chi connectivity index (χ0) is 0. The zero-order valence-corrected chi connectivity index (χ0v) is 5.04. The van der Waals surface area contributed by atoms with E-state index in [0.29, 0.717) is 0 Å². The molecule has 0 saturated carbocycles. The van der Waals surface area contributed by atoms with Gasteiger partial charge in [-0.3, -0.25) is 0 Å². The fraction of sp³-hybridized carbons (Fsp3) is 0. The Morgan fingerprint density at radius 1 is 0.333 bits per heavy atom. The summed E-state index contributed by atoms with van der Waals surface area (Å²) in [5.41, 5.74) is 0. The van der Waals surface area contributed by atoms with Gasteiger partial charge in [0.05, 0.1) is 0 Å². The Hall–Kier alpha value is 0.436. The van der Waals surface area contributed by atoms with Crippen LogP contribution in [0.15, 0.2) is 0 Å². The third kappa shape index (κ3) is 275. The molecule has 0 spiro atoms. The summed E-state index contributed by atoms with van der Waals surface area (Å²) in [5.74, 6) is 0. The van der Waals surface area contributed by atoms with Gasteiger partial charge in [0.25, 0.3) is 0 Å². The Morgan fingerprint density at radius 2 is 0.333 bits per heavy atom. The van der Waals surface area contributed by atoms with Crippen LogP contribution in [0.5, 0.6) is 0 Å². The molecular weight excluding hydrogens is 150 g/mol. The topological polar surface area (TPSA) is 142 Å². The van der Waals surface area contributed by atoms with Gasteiger partial charge in [0, 0.05) is 0 Å². The van der Waals surface area contributed by atoms with E-state index in [9.17, 15) is 0 Å². The Bertz CT molecular complexity index is 3.90. The maximum atomic E-state index is 0. The average Bonchev–Trinajstić information content (AvgIpc) is 0. The minimum absolute atomic E-state index is 0. The molecule has 0 amide bonds. The molecule has 0 aromatic carbocycles. The van der Waals surface area contributed by atoms with Gasteiger partial charge in [-0.05, 0) is 0 Å². The molecule has 0 rings (SSSR count). The number of hydrogen-bond acceptors (Lipinski definition) is 0. The van der Waals surface area contributed by atoms with Crippen molar-refractivity contribution in [2.75, 3.05) is 0 Å². The zero-order valence-electron chi connectivity index (χ0n) is 2.62. The molecule has 6 heavy (non-hydrogen) atoms. The van der Waals surface area contributed by atoms with Crippen LogP contribution in [0.25, 0.3) is 0 Å². The summed E-state index contributed by atoms with van der Waals surface area (Å²) < 4.78 is 0. The monoisotopic (exact) mass is 149 g/mol. The van der Waals surface area contributed by atoms with E-state index in [0.717, 1.165) is 0 Å². The smallest absolute Gasteiger partial charge is 2.00 e. The Labute approximate surface area is 48.0 Å². The van der Waals surface area contributed by atoms with Crippen molar-refractivity contribution < 1.29 is 27.4 Å². The van der Waals surface area contributed by atoms with E-state index in [4.69, 9.17) is 0 Å². The summed E-state index contributed by atoms with van der Waals surface area (Å²) in [6, 6.07) is 0. The van der Waals surface area contributed by atoms with Crippen molar-refractivity contribution in [2.45, 2.75) is 0 Å². The van der Waals surface area contributed by atoms with Crippen LogP contribution in [-0.2, 0) is 27.4 Å². The summed E-state index contributed by atoms with van der Waals surface area (Å²) >= 11 is 0. The van der Waals surface area contributed by atoms with Crippen LogP contribution in [0.3, 0.4) is 0 Å². The molecule has 0 atom stereocenters. The van der Waals surface area contributed by atoms with Crippen LogP contribution in [0, 0.1) is 0 Å². The van der Waals surface area contributed by atoms with Gasteiger partial charge in [-0.15, -0.1) is 0 Å². The SMILES string of the molecule is [Ga+3].[O-2].[O-2].[O-2].[O-2].[O-2]. The molecule has 40 valence electrons. The fourth-order valence-electron chi connectivity index (χ4n) is 0. The first-order valence-electron chi connectivity index (χ1n) is 0.